The average Bonchev–Trinajstić information content (AvgIpc) is 2.72. The van der Waals surface area contributed by atoms with Gasteiger partial charge in [-0.25, -0.2) is 9.59 Å². The van der Waals surface area contributed by atoms with Gasteiger partial charge in [-0.2, -0.15) is 0 Å². The monoisotopic (exact) mass is 379 g/mol. The SMILES string of the molecule is COC(=O)C1=CN(C)C=C(C(=O)OC)C1c1cccc(Oc2ccccc2)c1. The number of hydrogen-bond acceptors (Lipinski definition) is 6. The third-order valence-corrected chi connectivity index (χ3v) is 4.32. The van der Waals surface area contributed by atoms with E-state index in [4.69, 9.17) is 14.2 Å². The molecule has 0 atom stereocenters. The first kappa shape index (κ1) is 19.2. The molecule has 0 bridgehead atoms. The molecule has 2 aromatic rings. The van der Waals surface area contributed by atoms with Crippen molar-refractivity contribution in [2.24, 2.45) is 0 Å². The summed E-state index contributed by atoms with van der Waals surface area (Å²) in [6.45, 7) is 0. The maximum Gasteiger partial charge on any atom is 0.336 e. The molecular weight excluding hydrogens is 358 g/mol. The summed E-state index contributed by atoms with van der Waals surface area (Å²) in [6, 6.07) is 16.6. The Hall–Kier alpha value is -3.54. The topological polar surface area (TPSA) is 65.1 Å². The van der Waals surface area contributed by atoms with Crippen molar-refractivity contribution in [3.8, 4) is 11.5 Å². The molecule has 2 aromatic carbocycles. The Morgan fingerprint density at radius 1 is 0.821 bits per heavy atom. The van der Waals surface area contributed by atoms with Gasteiger partial charge in [-0.3, -0.25) is 0 Å². The molecule has 0 aromatic heterocycles. The van der Waals surface area contributed by atoms with Crippen LogP contribution in [0.4, 0.5) is 0 Å². The van der Waals surface area contributed by atoms with Crippen molar-refractivity contribution in [3.63, 3.8) is 0 Å². The molecule has 0 radical (unpaired) electrons. The predicted octanol–water partition coefficient (Wildman–Crippen LogP) is 3.62. The maximum absolute atomic E-state index is 12.4. The van der Waals surface area contributed by atoms with Gasteiger partial charge in [0.25, 0.3) is 0 Å². The molecule has 0 unspecified atom stereocenters. The molecule has 1 aliphatic heterocycles. The quantitative estimate of drug-likeness (QED) is 0.740. The van der Waals surface area contributed by atoms with Gasteiger partial charge in [-0.1, -0.05) is 30.3 Å². The lowest BCUT2D eigenvalue weighted by molar-refractivity contribution is -0.137. The van der Waals surface area contributed by atoms with Crippen LogP contribution >= 0.6 is 0 Å². The van der Waals surface area contributed by atoms with Crippen LogP contribution in [0.1, 0.15) is 11.5 Å². The summed E-state index contributed by atoms with van der Waals surface area (Å²) in [7, 11) is 4.35. The van der Waals surface area contributed by atoms with E-state index in [1.807, 2.05) is 48.5 Å². The highest BCUT2D eigenvalue weighted by molar-refractivity contribution is 5.98. The van der Waals surface area contributed by atoms with Crippen LogP contribution in [0.3, 0.4) is 0 Å². The molecule has 144 valence electrons. The van der Waals surface area contributed by atoms with E-state index in [2.05, 4.69) is 0 Å². The highest BCUT2D eigenvalue weighted by atomic mass is 16.5. The molecule has 0 aliphatic carbocycles. The minimum absolute atomic E-state index is 0.338. The van der Waals surface area contributed by atoms with Crippen LogP contribution in [0.25, 0.3) is 0 Å². The number of rotatable bonds is 5. The fraction of sp³-hybridized carbons (Fsp3) is 0.182. The number of methoxy groups -OCH3 is 2. The smallest absolute Gasteiger partial charge is 0.336 e. The van der Waals surface area contributed by atoms with Gasteiger partial charge >= 0.3 is 11.9 Å². The second-order valence-corrected chi connectivity index (χ2v) is 6.24. The maximum atomic E-state index is 12.4. The van der Waals surface area contributed by atoms with Gasteiger partial charge in [0, 0.05) is 19.4 Å². The van der Waals surface area contributed by atoms with E-state index in [1.54, 1.807) is 30.4 Å². The molecule has 0 spiro atoms. The van der Waals surface area contributed by atoms with Gasteiger partial charge in [-0.05, 0) is 29.8 Å². The lowest BCUT2D eigenvalue weighted by atomic mass is 9.83. The number of carbonyl (C=O) groups excluding carboxylic acids is 2. The third kappa shape index (κ3) is 4.06. The number of hydrogen-bond donors (Lipinski definition) is 0. The molecule has 0 saturated carbocycles. The van der Waals surface area contributed by atoms with Crippen LogP contribution in [-0.2, 0) is 19.1 Å². The normalized spacial score (nSPS) is 14.0. The molecule has 0 fully saturated rings. The summed E-state index contributed by atoms with van der Waals surface area (Å²) in [4.78, 5) is 26.4. The molecule has 6 nitrogen and oxygen atoms in total. The Labute approximate surface area is 163 Å². The van der Waals surface area contributed by atoms with Gasteiger partial charge in [0.2, 0.25) is 0 Å². The molecule has 28 heavy (non-hydrogen) atoms. The van der Waals surface area contributed by atoms with Crippen LogP contribution < -0.4 is 4.74 Å². The molecule has 0 saturated heterocycles. The molecule has 6 heteroatoms. The summed E-state index contributed by atoms with van der Waals surface area (Å²) >= 11 is 0. The van der Waals surface area contributed by atoms with Crippen LogP contribution in [0.15, 0.2) is 78.1 Å². The number of nitrogens with zero attached hydrogens (tertiary/aromatic N) is 1. The van der Waals surface area contributed by atoms with Crippen LogP contribution in [0.5, 0.6) is 11.5 Å². The van der Waals surface area contributed by atoms with Gasteiger partial charge in [0.05, 0.1) is 31.3 Å². The number of carbonyl (C=O) groups is 2. The van der Waals surface area contributed by atoms with E-state index in [9.17, 15) is 9.59 Å². The van der Waals surface area contributed by atoms with Gasteiger partial charge in [0.15, 0.2) is 0 Å². The summed E-state index contributed by atoms with van der Waals surface area (Å²) in [6.07, 6.45) is 3.29. The molecule has 1 aliphatic rings. The van der Waals surface area contributed by atoms with E-state index in [1.165, 1.54) is 14.2 Å². The minimum atomic E-state index is -0.629. The fourth-order valence-corrected chi connectivity index (χ4v) is 3.11. The van der Waals surface area contributed by atoms with Gasteiger partial charge in [0.1, 0.15) is 11.5 Å². The largest absolute Gasteiger partial charge is 0.466 e. The molecule has 1 heterocycles. The van der Waals surface area contributed by atoms with E-state index in [0.29, 0.717) is 22.6 Å². The number of benzene rings is 2. The Kier molecular flexibility index (Phi) is 5.79. The van der Waals surface area contributed by atoms with Crippen LogP contribution in [0.2, 0.25) is 0 Å². The second-order valence-electron chi connectivity index (χ2n) is 6.24. The summed E-state index contributed by atoms with van der Waals surface area (Å²) < 4.78 is 15.8. The summed E-state index contributed by atoms with van der Waals surface area (Å²) in [5.41, 5.74) is 1.39. The lowest BCUT2D eigenvalue weighted by Gasteiger charge is -2.28. The first-order valence-corrected chi connectivity index (χ1v) is 8.68. The highest BCUT2D eigenvalue weighted by Gasteiger charge is 2.34. The summed E-state index contributed by atoms with van der Waals surface area (Å²) in [5.74, 6) is -0.372. The van der Waals surface area contributed by atoms with Crippen molar-refractivity contribution in [2.75, 3.05) is 21.3 Å². The number of para-hydroxylation sites is 1. The zero-order chi connectivity index (χ0) is 20.1. The zero-order valence-corrected chi connectivity index (χ0v) is 15.9. The molecule has 0 N–H and O–H groups in total. The first-order valence-electron chi connectivity index (χ1n) is 8.68. The van der Waals surface area contributed by atoms with E-state index >= 15 is 0 Å². The minimum Gasteiger partial charge on any atom is -0.466 e. The zero-order valence-electron chi connectivity index (χ0n) is 15.9. The average molecular weight is 379 g/mol. The second kappa shape index (κ2) is 8.43. The first-order chi connectivity index (χ1) is 13.5. The van der Waals surface area contributed by atoms with Crippen molar-refractivity contribution in [1.82, 2.24) is 4.90 Å². The summed E-state index contributed by atoms with van der Waals surface area (Å²) in [5, 5.41) is 0. The van der Waals surface area contributed by atoms with Crippen LogP contribution in [0, 0.1) is 0 Å². The van der Waals surface area contributed by atoms with E-state index in [0.717, 1.165) is 5.56 Å². The van der Waals surface area contributed by atoms with E-state index < -0.39 is 17.9 Å². The van der Waals surface area contributed by atoms with Crippen molar-refractivity contribution in [1.29, 1.82) is 0 Å². The molecule has 3 rings (SSSR count). The van der Waals surface area contributed by atoms with E-state index in [-0.39, 0.29) is 0 Å². The van der Waals surface area contributed by atoms with Crippen molar-refractivity contribution < 1.29 is 23.8 Å². The van der Waals surface area contributed by atoms with Crippen LogP contribution in [-0.4, -0.2) is 38.1 Å². The highest BCUT2D eigenvalue weighted by Crippen LogP contribution is 2.38. The predicted molar refractivity (Wildman–Crippen MR) is 104 cm³/mol. The van der Waals surface area contributed by atoms with Crippen molar-refractivity contribution in [2.45, 2.75) is 5.92 Å². The Bertz CT molecular complexity index is 899. The number of ether oxygens (including phenoxy) is 3. The third-order valence-electron chi connectivity index (χ3n) is 4.32. The lowest BCUT2D eigenvalue weighted by Crippen LogP contribution is -2.27. The molecule has 0 amide bonds. The Morgan fingerprint density at radius 2 is 1.39 bits per heavy atom. The van der Waals surface area contributed by atoms with Gasteiger partial charge < -0.3 is 19.1 Å². The van der Waals surface area contributed by atoms with Crippen molar-refractivity contribution >= 4 is 11.9 Å². The van der Waals surface area contributed by atoms with Gasteiger partial charge in [-0.15, -0.1) is 0 Å². The fourth-order valence-electron chi connectivity index (χ4n) is 3.11. The Morgan fingerprint density at radius 3 is 1.96 bits per heavy atom. The molecular formula is C22H21NO5. The Balaban J connectivity index is 2.03. The van der Waals surface area contributed by atoms with Crippen molar-refractivity contribution in [3.05, 3.63) is 83.7 Å². The number of esters is 2. The standard InChI is InChI=1S/C22H21NO5/c1-23-13-18(21(24)26-2)20(19(14-23)22(25)27-3)15-8-7-11-17(12-15)28-16-9-5-4-6-10-16/h4-14,20H,1-3H3.